The fraction of sp³-hybridized carbons (Fsp3) is 0.400. The summed E-state index contributed by atoms with van der Waals surface area (Å²) < 4.78 is 18.4. The Balaban J connectivity index is 3.03. The fourth-order valence-corrected chi connectivity index (χ4v) is 1.56. The maximum absolute atomic E-state index is 13.6. The minimum atomic E-state index is -1.26. The third kappa shape index (κ3) is 2.68. The van der Waals surface area contributed by atoms with E-state index in [1.807, 2.05) is 0 Å². The standard InChI is InChI=1S/C10H12BrFO3/c1-15-8-4-2-3-6(9(8)12)10(14)7(13)5-11/h2-4,7,10,13-14H,5H2,1H3. The Hall–Kier alpha value is -0.650. The second-order valence-corrected chi connectivity index (χ2v) is 3.68. The van der Waals surface area contributed by atoms with Crippen LogP contribution in [-0.2, 0) is 0 Å². The van der Waals surface area contributed by atoms with Crippen LogP contribution in [0, 0.1) is 5.82 Å². The van der Waals surface area contributed by atoms with Gasteiger partial charge in [0.25, 0.3) is 0 Å². The third-order valence-electron chi connectivity index (χ3n) is 2.05. The Morgan fingerprint density at radius 2 is 2.13 bits per heavy atom. The molecule has 2 unspecified atom stereocenters. The molecule has 0 fully saturated rings. The van der Waals surface area contributed by atoms with Crippen molar-refractivity contribution in [2.75, 3.05) is 12.4 Å². The summed E-state index contributed by atoms with van der Waals surface area (Å²) in [6.07, 6.45) is -2.31. The highest BCUT2D eigenvalue weighted by Crippen LogP contribution is 2.27. The second kappa shape index (κ2) is 5.44. The van der Waals surface area contributed by atoms with Crippen molar-refractivity contribution in [3.05, 3.63) is 29.6 Å². The molecule has 0 spiro atoms. The third-order valence-corrected chi connectivity index (χ3v) is 2.72. The number of halogens is 2. The lowest BCUT2D eigenvalue weighted by molar-refractivity contribution is 0.0317. The van der Waals surface area contributed by atoms with Crippen molar-refractivity contribution in [2.24, 2.45) is 0 Å². The predicted molar refractivity (Wildman–Crippen MR) is 57.7 cm³/mol. The molecule has 0 saturated heterocycles. The molecule has 0 bridgehead atoms. The van der Waals surface area contributed by atoms with Gasteiger partial charge in [-0.2, -0.15) is 0 Å². The van der Waals surface area contributed by atoms with Gasteiger partial charge in [-0.15, -0.1) is 0 Å². The van der Waals surface area contributed by atoms with Crippen LogP contribution in [-0.4, -0.2) is 28.8 Å². The molecule has 0 heterocycles. The van der Waals surface area contributed by atoms with Crippen molar-refractivity contribution >= 4 is 15.9 Å². The van der Waals surface area contributed by atoms with Crippen LogP contribution in [0.5, 0.6) is 5.75 Å². The molecule has 84 valence electrons. The molecule has 0 radical (unpaired) electrons. The van der Waals surface area contributed by atoms with Gasteiger partial charge in [-0.25, -0.2) is 4.39 Å². The number of ether oxygens (including phenoxy) is 1. The zero-order chi connectivity index (χ0) is 11.4. The fourth-order valence-electron chi connectivity index (χ4n) is 1.21. The van der Waals surface area contributed by atoms with Crippen molar-refractivity contribution in [1.29, 1.82) is 0 Å². The average Bonchev–Trinajstić information content (AvgIpc) is 2.27. The summed E-state index contributed by atoms with van der Waals surface area (Å²) in [5.41, 5.74) is 0.0290. The minimum Gasteiger partial charge on any atom is -0.494 e. The van der Waals surface area contributed by atoms with Gasteiger partial charge < -0.3 is 14.9 Å². The normalized spacial score (nSPS) is 14.7. The van der Waals surface area contributed by atoms with E-state index in [0.29, 0.717) is 0 Å². The van der Waals surface area contributed by atoms with Crippen LogP contribution in [0.15, 0.2) is 18.2 Å². The van der Waals surface area contributed by atoms with Crippen LogP contribution >= 0.6 is 15.9 Å². The van der Waals surface area contributed by atoms with E-state index in [1.165, 1.54) is 19.2 Å². The molecule has 5 heteroatoms. The first-order valence-electron chi connectivity index (χ1n) is 4.36. The van der Waals surface area contributed by atoms with Gasteiger partial charge in [-0.1, -0.05) is 28.1 Å². The number of aliphatic hydroxyl groups excluding tert-OH is 2. The molecule has 0 saturated carbocycles. The minimum absolute atomic E-state index is 0.0290. The lowest BCUT2D eigenvalue weighted by Gasteiger charge is -2.17. The predicted octanol–water partition coefficient (Wildman–Crippen LogP) is 1.62. The SMILES string of the molecule is COc1cccc(C(O)C(O)CBr)c1F. The monoisotopic (exact) mass is 278 g/mol. The number of alkyl halides is 1. The quantitative estimate of drug-likeness (QED) is 0.823. The molecule has 0 aromatic heterocycles. The largest absolute Gasteiger partial charge is 0.494 e. The van der Waals surface area contributed by atoms with Gasteiger partial charge in [0.05, 0.1) is 13.2 Å². The smallest absolute Gasteiger partial charge is 0.170 e. The zero-order valence-electron chi connectivity index (χ0n) is 8.15. The topological polar surface area (TPSA) is 49.7 Å². The Bertz CT molecular complexity index is 332. The highest BCUT2D eigenvalue weighted by Gasteiger charge is 2.22. The lowest BCUT2D eigenvalue weighted by Crippen LogP contribution is -2.20. The van der Waals surface area contributed by atoms with Crippen LogP contribution < -0.4 is 4.74 Å². The molecule has 0 aliphatic heterocycles. The van der Waals surface area contributed by atoms with Crippen LogP contribution in [0.2, 0.25) is 0 Å². The summed E-state index contributed by atoms with van der Waals surface area (Å²) in [4.78, 5) is 0. The van der Waals surface area contributed by atoms with E-state index in [1.54, 1.807) is 6.07 Å². The van der Waals surface area contributed by atoms with Crippen LogP contribution in [0.4, 0.5) is 4.39 Å². The van der Waals surface area contributed by atoms with E-state index in [2.05, 4.69) is 15.9 Å². The van der Waals surface area contributed by atoms with Gasteiger partial charge in [0.15, 0.2) is 11.6 Å². The van der Waals surface area contributed by atoms with E-state index in [-0.39, 0.29) is 16.6 Å². The van der Waals surface area contributed by atoms with E-state index < -0.39 is 18.0 Å². The number of hydrogen-bond acceptors (Lipinski definition) is 3. The van der Waals surface area contributed by atoms with E-state index >= 15 is 0 Å². The summed E-state index contributed by atoms with van der Waals surface area (Å²) >= 11 is 3.01. The Morgan fingerprint density at radius 3 is 2.67 bits per heavy atom. The van der Waals surface area contributed by atoms with Gasteiger partial charge in [0.2, 0.25) is 0 Å². The summed E-state index contributed by atoms with van der Waals surface area (Å²) in [5.74, 6) is -0.596. The maximum atomic E-state index is 13.6. The summed E-state index contributed by atoms with van der Waals surface area (Å²) in [6, 6.07) is 4.42. The lowest BCUT2D eigenvalue weighted by atomic mass is 10.0. The van der Waals surface area contributed by atoms with Gasteiger partial charge in [-0.05, 0) is 6.07 Å². The molecule has 0 aliphatic rings. The van der Waals surface area contributed by atoms with Crippen molar-refractivity contribution in [3.63, 3.8) is 0 Å². The van der Waals surface area contributed by atoms with Crippen LogP contribution in [0.3, 0.4) is 0 Å². The Labute approximate surface area is 95.6 Å². The first-order valence-corrected chi connectivity index (χ1v) is 5.48. The van der Waals surface area contributed by atoms with Crippen molar-refractivity contribution < 1.29 is 19.3 Å². The molecule has 0 aliphatic carbocycles. The molecule has 15 heavy (non-hydrogen) atoms. The van der Waals surface area contributed by atoms with E-state index in [4.69, 9.17) is 4.74 Å². The van der Waals surface area contributed by atoms with Gasteiger partial charge in [0, 0.05) is 10.9 Å². The summed E-state index contributed by atoms with van der Waals surface area (Å²) in [5, 5.41) is 19.1. The summed E-state index contributed by atoms with van der Waals surface area (Å²) in [6.45, 7) is 0. The number of hydrogen-bond donors (Lipinski definition) is 2. The Morgan fingerprint density at radius 1 is 1.47 bits per heavy atom. The number of methoxy groups -OCH3 is 1. The van der Waals surface area contributed by atoms with Crippen molar-refractivity contribution in [1.82, 2.24) is 0 Å². The van der Waals surface area contributed by atoms with Gasteiger partial charge in [-0.3, -0.25) is 0 Å². The highest BCUT2D eigenvalue weighted by atomic mass is 79.9. The van der Waals surface area contributed by atoms with E-state index in [9.17, 15) is 14.6 Å². The molecule has 0 amide bonds. The highest BCUT2D eigenvalue weighted by molar-refractivity contribution is 9.09. The first-order chi connectivity index (χ1) is 7.11. The average molecular weight is 279 g/mol. The summed E-state index contributed by atoms with van der Waals surface area (Å²) in [7, 11) is 1.34. The molecule has 3 nitrogen and oxygen atoms in total. The molecule has 1 aromatic carbocycles. The molecular formula is C10H12BrFO3. The number of rotatable bonds is 4. The second-order valence-electron chi connectivity index (χ2n) is 3.03. The van der Waals surface area contributed by atoms with Gasteiger partial charge in [0.1, 0.15) is 6.10 Å². The number of aliphatic hydroxyl groups is 2. The van der Waals surface area contributed by atoms with Crippen LogP contribution in [0.1, 0.15) is 11.7 Å². The molecule has 2 atom stereocenters. The first kappa shape index (κ1) is 12.4. The Kier molecular flexibility index (Phi) is 4.50. The van der Waals surface area contributed by atoms with E-state index in [0.717, 1.165) is 0 Å². The van der Waals surface area contributed by atoms with Crippen molar-refractivity contribution in [3.8, 4) is 5.75 Å². The van der Waals surface area contributed by atoms with Crippen molar-refractivity contribution in [2.45, 2.75) is 12.2 Å². The number of benzene rings is 1. The molecule has 1 rings (SSSR count). The van der Waals surface area contributed by atoms with Gasteiger partial charge >= 0.3 is 0 Å². The maximum Gasteiger partial charge on any atom is 0.170 e. The molecular weight excluding hydrogens is 267 g/mol. The molecule has 1 aromatic rings. The van der Waals surface area contributed by atoms with Crippen LogP contribution in [0.25, 0.3) is 0 Å². The zero-order valence-corrected chi connectivity index (χ0v) is 9.74. The molecule has 2 N–H and O–H groups in total.